The van der Waals surface area contributed by atoms with Crippen molar-refractivity contribution in [1.82, 2.24) is 4.31 Å². The van der Waals surface area contributed by atoms with Gasteiger partial charge in [-0.25, -0.2) is 8.42 Å². The lowest BCUT2D eigenvalue weighted by molar-refractivity contribution is -0.384. The van der Waals surface area contributed by atoms with E-state index in [0.717, 1.165) is 22.0 Å². The first kappa shape index (κ1) is 22.7. The van der Waals surface area contributed by atoms with Crippen molar-refractivity contribution in [2.75, 3.05) is 19.7 Å². The van der Waals surface area contributed by atoms with E-state index in [2.05, 4.69) is 6.58 Å². The molecule has 0 amide bonds. The molecule has 2 aromatic carbocycles. The molecule has 9 heteroatoms. The lowest BCUT2D eigenvalue weighted by Gasteiger charge is -2.24. The number of nitro benzene ring substituents is 1. The highest BCUT2D eigenvalue weighted by Crippen LogP contribution is 2.20. The number of hydrogen-bond acceptors (Lipinski definition) is 6. The number of hydrogen-bond donors (Lipinski definition) is 1. The van der Waals surface area contributed by atoms with Crippen LogP contribution in [0.15, 0.2) is 72.1 Å². The van der Waals surface area contributed by atoms with Gasteiger partial charge in [0.2, 0.25) is 10.0 Å². The molecule has 0 aromatic heterocycles. The Balaban J connectivity index is 2.04. The van der Waals surface area contributed by atoms with Crippen LogP contribution >= 0.6 is 0 Å². The molecule has 0 spiro atoms. The van der Waals surface area contributed by atoms with E-state index >= 15 is 0 Å². The molecule has 0 saturated heterocycles. The Morgan fingerprint density at radius 1 is 1.17 bits per heavy atom. The number of nitro groups is 1. The molecule has 2 rings (SSSR count). The summed E-state index contributed by atoms with van der Waals surface area (Å²) < 4.78 is 32.5. The standard InChI is InChI=1S/C20H24N2O6S/c1-2-3-13-21(14-19(23)16-28-15-17-7-5-4-6-8-17)29(26,27)20-11-9-18(10-12-20)22(24)25/h2,4-12,19,23H,1,3,13-16H2/t19-/m1/s1. The molecule has 8 nitrogen and oxygen atoms in total. The maximum absolute atomic E-state index is 12.9. The van der Waals surface area contributed by atoms with Crippen LogP contribution in [-0.4, -0.2) is 48.6 Å². The number of benzene rings is 2. The van der Waals surface area contributed by atoms with E-state index < -0.39 is 21.1 Å². The molecule has 0 aliphatic heterocycles. The van der Waals surface area contributed by atoms with Crippen molar-refractivity contribution >= 4 is 15.7 Å². The second-order valence-electron chi connectivity index (χ2n) is 6.35. The number of nitrogens with zero attached hydrogens (tertiary/aromatic N) is 2. The van der Waals surface area contributed by atoms with Crippen LogP contribution in [0.5, 0.6) is 0 Å². The Hall–Kier alpha value is -2.59. The molecule has 29 heavy (non-hydrogen) atoms. The van der Waals surface area contributed by atoms with Gasteiger partial charge in [-0.3, -0.25) is 10.1 Å². The third-order valence-corrected chi connectivity index (χ3v) is 5.98. The predicted molar refractivity (Wildman–Crippen MR) is 109 cm³/mol. The van der Waals surface area contributed by atoms with Gasteiger partial charge in [0.15, 0.2) is 0 Å². The summed E-state index contributed by atoms with van der Waals surface area (Å²) in [6.45, 7) is 3.83. The van der Waals surface area contributed by atoms with E-state index in [1.807, 2.05) is 30.3 Å². The van der Waals surface area contributed by atoms with Crippen molar-refractivity contribution < 1.29 is 23.2 Å². The van der Waals surface area contributed by atoms with Gasteiger partial charge in [0.25, 0.3) is 5.69 Å². The molecule has 1 atom stereocenters. The quantitative estimate of drug-likeness (QED) is 0.321. The molecule has 0 bridgehead atoms. The molecule has 0 radical (unpaired) electrons. The summed E-state index contributed by atoms with van der Waals surface area (Å²) in [5, 5.41) is 21.1. The predicted octanol–water partition coefficient (Wildman–Crippen LogP) is 2.74. The molecule has 0 unspecified atom stereocenters. The average Bonchev–Trinajstić information content (AvgIpc) is 2.71. The third-order valence-electron chi connectivity index (χ3n) is 4.10. The molecule has 2 aromatic rings. The summed E-state index contributed by atoms with van der Waals surface area (Å²) in [7, 11) is -3.94. The topological polar surface area (TPSA) is 110 Å². The maximum atomic E-state index is 12.9. The van der Waals surface area contributed by atoms with E-state index in [1.165, 1.54) is 12.1 Å². The van der Waals surface area contributed by atoms with Crippen LogP contribution in [-0.2, 0) is 21.4 Å². The molecular formula is C20H24N2O6S. The lowest BCUT2D eigenvalue weighted by atomic mass is 10.2. The molecule has 0 aliphatic carbocycles. The van der Waals surface area contributed by atoms with Gasteiger partial charge in [0.05, 0.1) is 29.1 Å². The van der Waals surface area contributed by atoms with Gasteiger partial charge in [-0.1, -0.05) is 36.4 Å². The van der Waals surface area contributed by atoms with Crippen LogP contribution in [0.4, 0.5) is 5.69 Å². The summed E-state index contributed by atoms with van der Waals surface area (Å²) in [5.74, 6) is 0. The van der Waals surface area contributed by atoms with Gasteiger partial charge >= 0.3 is 0 Å². The van der Waals surface area contributed by atoms with Crippen LogP contribution in [0.25, 0.3) is 0 Å². The van der Waals surface area contributed by atoms with Crippen molar-refractivity contribution in [1.29, 1.82) is 0 Å². The number of sulfonamides is 1. The SMILES string of the molecule is C=CCCN(C[C@@H](O)COCc1ccccc1)S(=O)(=O)c1ccc([N+](=O)[O-])cc1. The van der Waals surface area contributed by atoms with Crippen LogP contribution in [0, 0.1) is 10.1 Å². The highest BCUT2D eigenvalue weighted by Gasteiger charge is 2.26. The van der Waals surface area contributed by atoms with Crippen LogP contribution < -0.4 is 0 Å². The Labute approximate surface area is 170 Å². The lowest BCUT2D eigenvalue weighted by Crippen LogP contribution is -2.39. The van der Waals surface area contributed by atoms with Crippen molar-refractivity contribution in [2.24, 2.45) is 0 Å². The number of non-ortho nitro benzene ring substituents is 1. The molecule has 0 heterocycles. The van der Waals surface area contributed by atoms with Gasteiger partial charge < -0.3 is 9.84 Å². The fraction of sp³-hybridized carbons (Fsp3) is 0.300. The summed E-state index contributed by atoms with van der Waals surface area (Å²) in [5.41, 5.74) is 0.748. The van der Waals surface area contributed by atoms with E-state index in [0.29, 0.717) is 13.0 Å². The summed E-state index contributed by atoms with van der Waals surface area (Å²) in [6.07, 6.45) is 0.942. The zero-order chi connectivity index (χ0) is 21.3. The van der Waals surface area contributed by atoms with E-state index in [-0.39, 0.29) is 30.3 Å². The van der Waals surface area contributed by atoms with Crippen LogP contribution in [0.1, 0.15) is 12.0 Å². The number of ether oxygens (including phenoxy) is 1. The minimum atomic E-state index is -3.94. The maximum Gasteiger partial charge on any atom is 0.269 e. The van der Waals surface area contributed by atoms with Gasteiger partial charge in [0, 0.05) is 25.2 Å². The molecule has 0 fully saturated rings. The minimum absolute atomic E-state index is 0.0325. The summed E-state index contributed by atoms with van der Waals surface area (Å²) in [6, 6.07) is 14.1. The first-order chi connectivity index (χ1) is 13.8. The van der Waals surface area contributed by atoms with Crippen LogP contribution in [0.3, 0.4) is 0 Å². The second-order valence-corrected chi connectivity index (χ2v) is 8.28. The number of rotatable bonds is 12. The molecule has 0 saturated carbocycles. The highest BCUT2D eigenvalue weighted by atomic mass is 32.2. The fourth-order valence-corrected chi connectivity index (χ4v) is 4.10. The van der Waals surface area contributed by atoms with Gasteiger partial charge in [-0.15, -0.1) is 6.58 Å². The monoisotopic (exact) mass is 420 g/mol. The Morgan fingerprint density at radius 3 is 2.41 bits per heavy atom. The molecule has 1 N–H and O–H groups in total. The summed E-state index contributed by atoms with van der Waals surface area (Å²) in [4.78, 5) is 10.1. The van der Waals surface area contributed by atoms with E-state index in [9.17, 15) is 23.6 Å². The minimum Gasteiger partial charge on any atom is -0.389 e. The van der Waals surface area contributed by atoms with Gasteiger partial charge in [0.1, 0.15) is 0 Å². The average molecular weight is 420 g/mol. The Bertz CT molecular complexity index is 900. The van der Waals surface area contributed by atoms with E-state index in [4.69, 9.17) is 4.74 Å². The van der Waals surface area contributed by atoms with Crippen molar-refractivity contribution in [3.63, 3.8) is 0 Å². The van der Waals surface area contributed by atoms with Crippen molar-refractivity contribution in [3.05, 3.63) is 82.9 Å². The van der Waals surface area contributed by atoms with Crippen molar-refractivity contribution in [2.45, 2.75) is 24.0 Å². The van der Waals surface area contributed by atoms with Crippen LogP contribution in [0.2, 0.25) is 0 Å². The molecule has 156 valence electrons. The number of aliphatic hydroxyl groups excluding tert-OH is 1. The fourth-order valence-electron chi connectivity index (χ4n) is 2.61. The largest absolute Gasteiger partial charge is 0.389 e. The van der Waals surface area contributed by atoms with Gasteiger partial charge in [-0.05, 0) is 24.1 Å². The van der Waals surface area contributed by atoms with E-state index in [1.54, 1.807) is 6.08 Å². The Morgan fingerprint density at radius 2 is 1.83 bits per heavy atom. The Kier molecular flexibility index (Phi) is 8.47. The zero-order valence-corrected chi connectivity index (χ0v) is 16.7. The molecule has 0 aliphatic rings. The zero-order valence-electron chi connectivity index (χ0n) is 15.9. The third kappa shape index (κ3) is 6.75. The molecular weight excluding hydrogens is 396 g/mol. The normalized spacial score (nSPS) is 12.6. The first-order valence-corrected chi connectivity index (χ1v) is 10.4. The number of aliphatic hydroxyl groups is 1. The highest BCUT2D eigenvalue weighted by molar-refractivity contribution is 7.89. The van der Waals surface area contributed by atoms with Crippen molar-refractivity contribution in [3.8, 4) is 0 Å². The van der Waals surface area contributed by atoms with Gasteiger partial charge in [-0.2, -0.15) is 4.31 Å². The first-order valence-electron chi connectivity index (χ1n) is 9.00. The summed E-state index contributed by atoms with van der Waals surface area (Å²) >= 11 is 0. The smallest absolute Gasteiger partial charge is 0.269 e. The second kappa shape index (κ2) is 10.8.